The molecule has 0 saturated carbocycles. The number of hydrogen-bond donors (Lipinski definition) is 1. The van der Waals surface area contributed by atoms with Gasteiger partial charge in [0.2, 0.25) is 10.0 Å². The minimum Gasteiger partial charge on any atom is -0.457 e. The highest BCUT2D eigenvalue weighted by Crippen LogP contribution is 2.16. The lowest BCUT2D eigenvalue weighted by Gasteiger charge is -2.13. The van der Waals surface area contributed by atoms with E-state index in [1.54, 1.807) is 13.8 Å². The maximum Gasteiger partial charge on any atom is 0.338 e. The molecule has 20 heavy (non-hydrogen) atoms. The number of aryl methyl sites for hydroxylation is 1. The van der Waals surface area contributed by atoms with Crippen LogP contribution in [0.25, 0.3) is 0 Å². The van der Waals surface area contributed by atoms with Gasteiger partial charge in [-0.1, -0.05) is 6.07 Å². The molecule has 2 N–H and O–H groups in total. The summed E-state index contributed by atoms with van der Waals surface area (Å²) in [6.07, 6.45) is -0.415. The normalized spacial score (nSPS) is 13.0. The molecule has 0 spiro atoms. The van der Waals surface area contributed by atoms with Crippen LogP contribution < -0.4 is 5.14 Å². The number of rotatable bonds is 6. The van der Waals surface area contributed by atoms with E-state index in [4.69, 9.17) is 14.6 Å². The number of esters is 1. The van der Waals surface area contributed by atoms with Crippen molar-refractivity contribution in [2.45, 2.75) is 31.8 Å². The number of carbonyl (C=O) groups excluding carboxylic acids is 1. The summed E-state index contributed by atoms with van der Waals surface area (Å²) >= 11 is 0. The first-order valence-corrected chi connectivity index (χ1v) is 7.72. The molecule has 0 aliphatic carbocycles. The predicted octanol–water partition coefficient (Wildman–Crippen LogP) is 1.22. The Morgan fingerprint density at radius 3 is 2.60 bits per heavy atom. The molecule has 0 aliphatic heterocycles. The minimum absolute atomic E-state index is 0.0792. The SMILES string of the molecule is CCOCC(C)OC(=O)c1ccc(C)c(S(N)(=O)=O)c1. The first-order valence-electron chi connectivity index (χ1n) is 6.18. The van der Waals surface area contributed by atoms with Crippen molar-refractivity contribution in [1.29, 1.82) is 0 Å². The van der Waals surface area contributed by atoms with E-state index in [-0.39, 0.29) is 17.1 Å². The highest BCUT2D eigenvalue weighted by molar-refractivity contribution is 7.89. The standard InChI is InChI=1S/C13H19NO5S/c1-4-18-8-10(3)19-13(15)11-6-5-9(2)12(7-11)20(14,16)17/h5-7,10H,4,8H2,1-3H3,(H2,14,16,17). The second kappa shape index (κ2) is 6.83. The molecule has 7 heteroatoms. The first kappa shape index (κ1) is 16.6. The van der Waals surface area contributed by atoms with Crippen molar-refractivity contribution in [2.24, 2.45) is 5.14 Å². The summed E-state index contributed by atoms with van der Waals surface area (Å²) < 4.78 is 33.1. The maximum absolute atomic E-state index is 11.9. The van der Waals surface area contributed by atoms with Crippen LogP contribution in [0, 0.1) is 6.92 Å². The van der Waals surface area contributed by atoms with Crippen molar-refractivity contribution in [2.75, 3.05) is 13.2 Å². The van der Waals surface area contributed by atoms with Gasteiger partial charge in [-0.05, 0) is 38.5 Å². The monoisotopic (exact) mass is 301 g/mol. The van der Waals surface area contributed by atoms with E-state index in [2.05, 4.69) is 0 Å². The Bertz CT molecular complexity index is 582. The number of nitrogens with two attached hydrogens (primary N) is 1. The largest absolute Gasteiger partial charge is 0.457 e. The molecule has 0 fully saturated rings. The molecule has 0 bridgehead atoms. The van der Waals surface area contributed by atoms with Gasteiger partial charge in [0.25, 0.3) is 0 Å². The van der Waals surface area contributed by atoms with Crippen LogP contribution >= 0.6 is 0 Å². The first-order chi connectivity index (χ1) is 9.25. The zero-order chi connectivity index (χ0) is 15.3. The molecular formula is C13H19NO5S. The summed E-state index contributed by atoms with van der Waals surface area (Å²) in [5.74, 6) is -0.609. The smallest absolute Gasteiger partial charge is 0.338 e. The lowest BCUT2D eigenvalue weighted by molar-refractivity contribution is 0.00437. The summed E-state index contributed by atoms with van der Waals surface area (Å²) in [6, 6.07) is 4.24. The van der Waals surface area contributed by atoms with Crippen LogP contribution in [-0.4, -0.2) is 33.7 Å². The fourth-order valence-corrected chi connectivity index (χ4v) is 2.41. The van der Waals surface area contributed by atoms with Crippen LogP contribution in [0.1, 0.15) is 29.8 Å². The Morgan fingerprint density at radius 1 is 1.40 bits per heavy atom. The van der Waals surface area contributed by atoms with Crippen LogP contribution in [0.3, 0.4) is 0 Å². The molecule has 112 valence electrons. The number of sulfonamides is 1. The second-order valence-electron chi connectivity index (χ2n) is 4.40. The molecule has 0 saturated heterocycles. The van der Waals surface area contributed by atoms with E-state index in [9.17, 15) is 13.2 Å². The second-order valence-corrected chi connectivity index (χ2v) is 5.93. The molecule has 1 aromatic rings. The molecule has 0 radical (unpaired) electrons. The van der Waals surface area contributed by atoms with Crippen LogP contribution in [0.2, 0.25) is 0 Å². The van der Waals surface area contributed by atoms with Gasteiger partial charge in [0, 0.05) is 6.61 Å². The Balaban J connectivity index is 2.90. The number of ether oxygens (including phenoxy) is 2. The third-order valence-corrected chi connectivity index (χ3v) is 3.65. The van der Waals surface area contributed by atoms with Crippen molar-refractivity contribution in [1.82, 2.24) is 0 Å². The van der Waals surface area contributed by atoms with E-state index in [1.165, 1.54) is 18.2 Å². The van der Waals surface area contributed by atoms with Gasteiger partial charge in [0.15, 0.2) is 0 Å². The fraction of sp³-hybridized carbons (Fsp3) is 0.462. The van der Waals surface area contributed by atoms with E-state index in [0.717, 1.165) is 0 Å². The molecule has 1 atom stereocenters. The van der Waals surface area contributed by atoms with Crippen LogP contribution in [-0.2, 0) is 19.5 Å². The predicted molar refractivity (Wildman–Crippen MR) is 73.9 cm³/mol. The van der Waals surface area contributed by atoms with Gasteiger partial charge in [0.1, 0.15) is 6.10 Å². The molecule has 6 nitrogen and oxygen atoms in total. The van der Waals surface area contributed by atoms with Gasteiger partial charge >= 0.3 is 5.97 Å². The van der Waals surface area contributed by atoms with Crippen molar-refractivity contribution < 1.29 is 22.7 Å². The van der Waals surface area contributed by atoms with E-state index in [0.29, 0.717) is 12.2 Å². The van der Waals surface area contributed by atoms with Crippen molar-refractivity contribution in [3.05, 3.63) is 29.3 Å². The molecule has 1 aromatic carbocycles. The molecule has 0 aliphatic rings. The fourth-order valence-electron chi connectivity index (χ4n) is 1.60. The van der Waals surface area contributed by atoms with E-state index < -0.39 is 22.1 Å². The quantitative estimate of drug-likeness (QED) is 0.797. The van der Waals surface area contributed by atoms with E-state index in [1.807, 2.05) is 6.92 Å². The Labute approximate surface area is 118 Å². The molecular weight excluding hydrogens is 282 g/mol. The van der Waals surface area contributed by atoms with Gasteiger partial charge in [-0.2, -0.15) is 0 Å². The number of hydrogen-bond acceptors (Lipinski definition) is 5. The number of carbonyl (C=O) groups is 1. The maximum atomic E-state index is 11.9. The lowest BCUT2D eigenvalue weighted by Crippen LogP contribution is -2.21. The Kier molecular flexibility index (Phi) is 5.67. The van der Waals surface area contributed by atoms with Crippen molar-refractivity contribution in [3.63, 3.8) is 0 Å². The summed E-state index contributed by atoms with van der Waals surface area (Å²) in [5, 5.41) is 5.09. The Hall–Kier alpha value is -1.44. The third-order valence-electron chi connectivity index (χ3n) is 2.60. The van der Waals surface area contributed by atoms with Crippen molar-refractivity contribution >= 4 is 16.0 Å². The van der Waals surface area contributed by atoms with Crippen molar-refractivity contribution in [3.8, 4) is 0 Å². The Morgan fingerprint density at radius 2 is 2.05 bits per heavy atom. The van der Waals surface area contributed by atoms with Crippen LogP contribution in [0.4, 0.5) is 0 Å². The molecule has 0 amide bonds. The van der Waals surface area contributed by atoms with Gasteiger partial charge < -0.3 is 9.47 Å². The summed E-state index contributed by atoms with van der Waals surface area (Å²) in [4.78, 5) is 11.8. The van der Waals surface area contributed by atoms with E-state index >= 15 is 0 Å². The molecule has 0 aromatic heterocycles. The third kappa shape index (κ3) is 4.59. The number of primary sulfonamides is 1. The van der Waals surface area contributed by atoms with Crippen LogP contribution in [0.5, 0.6) is 0 Å². The summed E-state index contributed by atoms with van der Waals surface area (Å²) in [5.41, 5.74) is 0.620. The minimum atomic E-state index is -3.86. The zero-order valence-corrected chi connectivity index (χ0v) is 12.6. The van der Waals surface area contributed by atoms with Gasteiger partial charge in [-0.15, -0.1) is 0 Å². The summed E-state index contributed by atoms with van der Waals surface area (Å²) in [6.45, 7) is 5.96. The molecule has 1 rings (SSSR count). The average molecular weight is 301 g/mol. The van der Waals surface area contributed by atoms with Gasteiger partial charge in [-0.3, -0.25) is 0 Å². The number of benzene rings is 1. The zero-order valence-electron chi connectivity index (χ0n) is 11.8. The summed E-state index contributed by atoms with van der Waals surface area (Å²) in [7, 11) is -3.86. The molecule has 0 heterocycles. The highest BCUT2D eigenvalue weighted by atomic mass is 32.2. The lowest BCUT2D eigenvalue weighted by atomic mass is 10.1. The van der Waals surface area contributed by atoms with Gasteiger partial charge in [-0.25, -0.2) is 18.4 Å². The molecule has 1 unspecified atom stereocenters. The topological polar surface area (TPSA) is 95.7 Å². The van der Waals surface area contributed by atoms with Gasteiger partial charge in [0.05, 0.1) is 17.1 Å². The average Bonchev–Trinajstić information content (AvgIpc) is 2.35. The van der Waals surface area contributed by atoms with Crippen LogP contribution in [0.15, 0.2) is 23.1 Å². The highest BCUT2D eigenvalue weighted by Gasteiger charge is 2.17.